The highest BCUT2D eigenvalue weighted by Crippen LogP contribution is 2.20. The molecule has 0 unspecified atom stereocenters. The molecule has 12 nitrogen and oxygen atoms in total. The first-order valence-electron chi connectivity index (χ1n) is 9.45. The summed E-state index contributed by atoms with van der Waals surface area (Å²) in [6.45, 7) is 3.42. The maximum absolute atomic E-state index is 11.9. The van der Waals surface area contributed by atoms with Gasteiger partial charge in [0.15, 0.2) is 5.82 Å². The van der Waals surface area contributed by atoms with E-state index in [0.717, 1.165) is 0 Å². The number of nitrogen functional groups attached to an aromatic ring is 2. The van der Waals surface area contributed by atoms with Crippen molar-refractivity contribution in [1.29, 1.82) is 0 Å². The number of rotatable bonds is 6. The molecule has 0 aliphatic heterocycles. The van der Waals surface area contributed by atoms with Crippen LogP contribution in [0, 0.1) is 13.8 Å². The van der Waals surface area contributed by atoms with Gasteiger partial charge in [-0.1, -0.05) is 16.5 Å². The van der Waals surface area contributed by atoms with Gasteiger partial charge >= 0.3 is 0 Å². The van der Waals surface area contributed by atoms with E-state index in [-0.39, 0.29) is 20.7 Å². The maximum Gasteiger partial charge on any atom is 0.263 e. The Morgan fingerprint density at radius 1 is 0.794 bits per heavy atom. The molecule has 2 aromatic carbocycles. The summed E-state index contributed by atoms with van der Waals surface area (Å²) in [7, 11) is -7.26. The molecule has 0 spiro atoms. The lowest BCUT2D eigenvalue weighted by Gasteiger charge is -2.04. The minimum atomic E-state index is -3.64. The number of hydrogen-bond acceptors (Lipinski definition) is 11. The predicted octanol–water partition coefficient (Wildman–Crippen LogP) is 2.60. The van der Waals surface area contributed by atoms with E-state index in [1.165, 1.54) is 65.9 Å². The van der Waals surface area contributed by atoms with E-state index in [0.29, 0.717) is 22.1 Å². The van der Waals surface area contributed by atoms with Gasteiger partial charge < -0.3 is 16.0 Å². The molecule has 0 bridgehead atoms. The number of benzene rings is 2. The van der Waals surface area contributed by atoms with Crippen molar-refractivity contribution in [2.75, 3.05) is 20.9 Å². The summed E-state index contributed by atoms with van der Waals surface area (Å²) >= 11 is 1.18. The number of aromatic nitrogens is 3. The average molecular weight is 524 g/mol. The molecule has 0 amide bonds. The van der Waals surface area contributed by atoms with Crippen LogP contribution in [0.2, 0.25) is 0 Å². The van der Waals surface area contributed by atoms with E-state index in [2.05, 4.69) is 24.8 Å². The largest absolute Gasteiger partial charge is 0.399 e. The molecule has 0 saturated carbocycles. The Kier molecular flexibility index (Phi) is 7.38. The number of sulfonamides is 2. The predicted molar refractivity (Wildman–Crippen MR) is 129 cm³/mol. The van der Waals surface area contributed by atoms with Crippen LogP contribution >= 0.6 is 11.3 Å². The van der Waals surface area contributed by atoms with Gasteiger partial charge in [-0.05, 0) is 62.4 Å². The van der Waals surface area contributed by atoms with Crippen LogP contribution in [0.15, 0.2) is 68.9 Å². The first kappa shape index (κ1) is 24.9. The van der Waals surface area contributed by atoms with Crippen molar-refractivity contribution < 1.29 is 21.4 Å². The minimum Gasteiger partial charge on any atom is -0.399 e. The average Bonchev–Trinajstić information content (AvgIpc) is 3.35. The molecule has 6 N–H and O–H groups in total. The van der Waals surface area contributed by atoms with Crippen LogP contribution in [0.3, 0.4) is 0 Å². The highest BCUT2D eigenvalue weighted by molar-refractivity contribution is 7.93. The summed E-state index contributed by atoms with van der Waals surface area (Å²) in [5, 5.41) is 11.9. The molecule has 180 valence electrons. The molecule has 34 heavy (non-hydrogen) atoms. The smallest absolute Gasteiger partial charge is 0.263 e. The lowest BCUT2D eigenvalue weighted by molar-refractivity contribution is 0.400. The molecular weight excluding hydrogens is 502 g/mol. The molecule has 4 aromatic rings. The summed E-state index contributed by atoms with van der Waals surface area (Å²) in [4.78, 5) is 0.256. The number of aryl methyl sites for hydroxylation is 2. The monoisotopic (exact) mass is 523 g/mol. The molecule has 2 aromatic heterocycles. The summed E-state index contributed by atoms with van der Waals surface area (Å²) in [6, 6.07) is 13.3. The molecule has 15 heteroatoms. The third-order valence-electron chi connectivity index (χ3n) is 4.00. The van der Waals surface area contributed by atoms with Gasteiger partial charge in [-0.15, -0.1) is 10.2 Å². The molecule has 4 rings (SSSR count). The van der Waals surface area contributed by atoms with Crippen LogP contribution in [0.4, 0.5) is 22.3 Å². The van der Waals surface area contributed by atoms with Crippen LogP contribution in [-0.4, -0.2) is 32.2 Å². The van der Waals surface area contributed by atoms with E-state index >= 15 is 0 Å². The number of anilines is 4. The third kappa shape index (κ3) is 6.66. The Morgan fingerprint density at radius 3 is 1.71 bits per heavy atom. The fraction of sp³-hybridized carbons (Fsp3) is 0.105. The van der Waals surface area contributed by atoms with E-state index in [1.807, 2.05) is 0 Å². The number of hydrogen-bond donors (Lipinski definition) is 4. The summed E-state index contributed by atoms with van der Waals surface area (Å²) in [6.07, 6.45) is 0. The van der Waals surface area contributed by atoms with Gasteiger partial charge in [-0.3, -0.25) is 9.44 Å². The second-order valence-electron chi connectivity index (χ2n) is 6.80. The molecule has 0 atom stereocenters. The lowest BCUT2D eigenvalue weighted by atomic mass is 10.3. The number of nitrogens with zero attached hydrogens (tertiary/aromatic N) is 3. The molecule has 2 heterocycles. The zero-order chi connectivity index (χ0) is 24.9. The third-order valence-corrected chi connectivity index (χ3v) is 7.60. The van der Waals surface area contributed by atoms with Gasteiger partial charge in [0.05, 0.1) is 9.79 Å². The van der Waals surface area contributed by atoms with E-state index in [9.17, 15) is 16.8 Å². The first-order valence-corrected chi connectivity index (χ1v) is 13.2. The topological polar surface area (TPSA) is 196 Å². The van der Waals surface area contributed by atoms with Crippen LogP contribution in [-0.2, 0) is 20.0 Å². The molecule has 0 radical (unpaired) electrons. The zero-order valence-electron chi connectivity index (χ0n) is 18.0. The van der Waals surface area contributed by atoms with E-state index in [4.69, 9.17) is 16.0 Å². The normalized spacial score (nSPS) is 11.4. The Morgan fingerprint density at radius 2 is 1.29 bits per heavy atom. The fourth-order valence-corrected chi connectivity index (χ4v) is 5.22. The van der Waals surface area contributed by atoms with Crippen LogP contribution in [0.1, 0.15) is 10.8 Å². The van der Waals surface area contributed by atoms with Crippen LogP contribution in [0.25, 0.3) is 0 Å². The SMILES string of the molecule is Cc1cc(NS(=O)(=O)c2ccc(N)cc2)no1.Cc1nnc(NS(=O)(=O)c2ccc(N)cc2)s1. The maximum atomic E-state index is 11.9. The fourth-order valence-electron chi connectivity index (χ4n) is 2.42. The van der Waals surface area contributed by atoms with E-state index < -0.39 is 20.0 Å². The second kappa shape index (κ2) is 10.1. The van der Waals surface area contributed by atoms with Crippen molar-refractivity contribution in [3.05, 3.63) is 65.4 Å². The first-order chi connectivity index (χ1) is 15.9. The Balaban J connectivity index is 0.000000191. The van der Waals surface area contributed by atoms with Crippen LogP contribution in [0.5, 0.6) is 0 Å². The quantitative estimate of drug-likeness (QED) is 0.273. The van der Waals surface area contributed by atoms with Gasteiger partial charge in [0.2, 0.25) is 5.13 Å². The highest BCUT2D eigenvalue weighted by atomic mass is 32.2. The molecular formula is C19H21N7O5S3. The van der Waals surface area contributed by atoms with Gasteiger partial charge in [0.25, 0.3) is 20.0 Å². The highest BCUT2D eigenvalue weighted by Gasteiger charge is 2.16. The summed E-state index contributed by atoms with van der Waals surface area (Å²) < 4.78 is 57.0. The summed E-state index contributed by atoms with van der Waals surface area (Å²) in [5.74, 6) is 0.680. The lowest BCUT2D eigenvalue weighted by Crippen LogP contribution is -2.13. The Bertz CT molecular complexity index is 1350. The molecule has 0 saturated heterocycles. The van der Waals surface area contributed by atoms with Crippen molar-refractivity contribution in [2.24, 2.45) is 0 Å². The van der Waals surface area contributed by atoms with Crippen molar-refractivity contribution in [3.8, 4) is 0 Å². The number of nitrogens with one attached hydrogen (secondary N) is 2. The van der Waals surface area contributed by atoms with Crippen molar-refractivity contribution in [3.63, 3.8) is 0 Å². The molecule has 0 aliphatic rings. The van der Waals surface area contributed by atoms with Gasteiger partial charge in [0, 0.05) is 17.4 Å². The van der Waals surface area contributed by atoms with Gasteiger partial charge in [-0.2, -0.15) is 0 Å². The van der Waals surface area contributed by atoms with Crippen molar-refractivity contribution in [1.82, 2.24) is 15.4 Å². The van der Waals surface area contributed by atoms with E-state index in [1.54, 1.807) is 13.8 Å². The van der Waals surface area contributed by atoms with Crippen molar-refractivity contribution in [2.45, 2.75) is 23.6 Å². The Labute approximate surface area is 200 Å². The van der Waals surface area contributed by atoms with Crippen molar-refractivity contribution >= 4 is 53.7 Å². The minimum absolute atomic E-state index is 0.118. The zero-order valence-corrected chi connectivity index (χ0v) is 20.4. The summed E-state index contributed by atoms with van der Waals surface area (Å²) in [5.41, 5.74) is 12.0. The second-order valence-corrected chi connectivity index (χ2v) is 11.3. The molecule has 0 fully saturated rings. The standard InChI is InChI=1S/C10H11N3O3S.C9H10N4O2S2/c1-7-6-10(12-16-7)13-17(14,15)9-4-2-8(11)3-5-9;1-6-11-12-9(16-6)13-17(14,15)8-4-2-7(10)3-5-8/h2-6H,11H2,1H3,(H,12,13);2-5H,10H2,1H3,(H,12,13). The number of nitrogens with two attached hydrogens (primary N) is 2. The Hall–Kier alpha value is -3.69. The molecule has 0 aliphatic carbocycles. The van der Waals surface area contributed by atoms with Gasteiger partial charge in [0.1, 0.15) is 10.8 Å². The van der Waals surface area contributed by atoms with Gasteiger partial charge in [-0.25, -0.2) is 16.8 Å². The van der Waals surface area contributed by atoms with Crippen LogP contribution < -0.4 is 20.9 Å².